The molecule has 3 N–H and O–H groups in total. The number of nitrogens with zero attached hydrogens (tertiary/aromatic N) is 3. The van der Waals surface area contributed by atoms with Crippen LogP contribution in [0.3, 0.4) is 0 Å². The van der Waals surface area contributed by atoms with Crippen molar-refractivity contribution >= 4 is 28.9 Å². The van der Waals surface area contributed by atoms with Crippen LogP contribution in [0.2, 0.25) is 5.02 Å². The van der Waals surface area contributed by atoms with Gasteiger partial charge in [-0.15, -0.1) is 0 Å². The Balaban J connectivity index is 1.66. The van der Waals surface area contributed by atoms with Gasteiger partial charge in [0.15, 0.2) is 0 Å². The van der Waals surface area contributed by atoms with E-state index in [0.29, 0.717) is 30.0 Å². The molecule has 1 aliphatic carbocycles. The van der Waals surface area contributed by atoms with Crippen molar-refractivity contribution in [3.63, 3.8) is 0 Å². The highest BCUT2D eigenvalue weighted by Crippen LogP contribution is 2.48. The lowest BCUT2D eigenvalue weighted by Crippen LogP contribution is -2.48. The molecule has 0 bridgehead atoms. The Bertz CT molecular complexity index is 1050. The molecule has 0 radical (unpaired) electrons. The molecule has 0 unspecified atom stereocenters. The maximum Gasteiger partial charge on any atom is 0.288 e. The maximum absolute atomic E-state index is 12.8. The largest absolute Gasteiger partial charge is 0.387 e. The van der Waals surface area contributed by atoms with E-state index in [-0.39, 0.29) is 28.9 Å². The number of carbonyl (C=O) groups excluding carboxylic acids is 1. The van der Waals surface area contributed by atoms with Crippen LogP contribution in [0, 0.1) is 23.2 Å². The quantitative estimate of drug-likeness (QED) is 0.564. The minimum absolute atomic E-state index is 0.0572. The number of anilines is 2. The first-order chi connectivity index (χ1) is 15.6. The Morgan fingerprint density at radius 1 is 1.24 bits per heavy atom. The average Bonchev–Trinajstić information content (AvgIpc) is 2.80. The second-order valence-corrected chi connectivity index (χ2v) is 10.1. The van der Waals surface area contributed by atoms with Crippen molar-refractivity contribution in [2.45, 2.75) is 60.2 Å². The fourth-order valence-electron chi connectivity index (χ4n) is 4.63. The lowest BCUT2D eigenvalue weighted by Gasteiger charge is -2.50. The monoisotopic (exact) mass is 474 g/mol. The van der Waals surface area contributed by atoms with Crippen LogP contribution in [-0.2, 0) is 17.9 Å². The van der Waals surface area contributed by atoms with Crippen LogP contribution < -0.4 is 21.5 Å². The van der Waals surface area contributed by atoms with Crippen LogP contribution >= 0.6 is 11.6 Å². The smallest absolute Gasteiger partial charge is 0.288 e. The number of hydrogen-bond donors (Lipinski definition) is 3. The minimum atomic E-state index is -0.485. The molecule has 2 aromatic rings. The molecule has 180 valence electrons. The second-order valence-electron chi connectivity index (χ2n) is 9.75. The third-order valence-corrected chi connectivity index (χ3v) is 8.12. The van der Waals surface area contributed by atoms with Crippen molar-refractivity contribution in [1.82, 2.24) is 20.1 Å². The van der Waals surface area contributed by atoms with Crippen molar-refractivity contribution in [2.75, 3.05) is 17.7 Å². The molecule has 3 rings (SSSR count). The highest BCUT2D eigenvalue weighted by atomic mass is 35.5. The Kier molecular flexibility index (Phi) is 7.67. The fourth-order valence-corrected chi connectivity index (χ4v) is 4.83. The van der Waals surface area contributed by atoms with E-state index in [1.54, 1.807) is 25.6 Å². The predicted octanol–water partition coefficient (Wildman–Crippen LogP) is 3.77. The summed E-state index contributed by atoms with van der Waals surface area (Å²) in [7, 11) is 1.79. The maximum atomic E-state index is 12.8. The second kappa shape index (κ2) is 10.1. The molecule has 0 spiro atoms. The van der Waals surface area contributed by atoms with Gasteiger partial charge in [0.2, 0.25) is 5.91 Å². The molecular weight excluding hydrogens is 440 g/mol. The van der Waals surface area contributed by atoms with Crippen LogP contribution in [0.4, 0.5) is 11.4 Å². The Morgan fingerprint density at radius 3 is 2.67 bits per heavy atom. The number of pyridine rings is 1. The van der Waals surface area contributed by atoms with Gasteiger partial charge in [0, 0.05) is 25.8 Å². The zero-order valence-corrected chi connectivity index (χ0v) is 21.0. The van der Waals surface area contributed by atoms with Gasteiger partial charge in [0.05, 0.1) is 23.8 Å². The van der Waals surface area contributed by atoms with E-state index in [9.17, 15) is 9.59 Å². The molecule has 1 saturated carbocycles. The number of amides is 1. The Morgan fingerprint density at radius 2 is 1.97 bits per heavy atom. The van der Waals surface area contributed by atoms with E-state index in [4.69, 9.17) is 11.6 Å². The molecule has 1 fully saturated rings. The molecule has 0 aliphatic heterocycles. The summed E-state index contributed by atoms with van der Waals surface area (Å²) in [6.45, 7) is 11.6. The van der Waals surface area contributed by atoms with Gasteiger partial charge in [-0.05, 0) is 41.2 Å². The van der Waals surface area contributed by atoms with E-state index in [1.165, 1.54) is 0 Å². The lowest BCUT2D eigenvalue weighted by molar-refractivity contribution is -0.122. The standard InChI is InChI=1S/C24H35ClN6O2/c1-14-9-18(15(2)16(3)24(14,4)5)30-20-12-29-31(23(33)22(20)25)13-21(32)28-10-17-7-8-27-11-19(17)26-6/h7-8,11-12,14-16,18,26,30H,9-10,13H2,1-6H3,(H,28,32)/t14-,15+,16+,18+/m0/s1. The van der Waals surface area contributed by atoms with E-state index < -0.39 is 5.56 Å². The summed E-state index contributed by atoms with van der Waals surface area (Å²) in [4.78, 5) is 29.3. The molecule has 2 heterocycles. The molecule has 8 nitrogen and oxygen atoms in total. The van der Waals surface area contributed by atoms with Gasteiger partial charge < -0.3 is 16.0 Å². The fraction of sp³-hybridized carbons (Fsp3) is 0.583. The molecule has 0 saturated heterocycles. The summed E-state index contributed by atoms with van der Waals surface area (Å²) in [6.07, 6.45) is 5.88. The Hall–Kier alpha value is -2.61. The molecule has 4 atom stereocenters. The topological polar surface area (TPSA) is 101 Å². The van der Waals surface area contributed by atoms with Crippen molar-refractivity contribution in [3.8, 4) is 0 Å². The molecule has 2 aromatic heterocycles. The highest BCUT2D eigenvalue weighted by molar-refractivity contribution is 6.32. The average molecular weight is 475 g/mol. The summed E-state index contributed by atoms with van der Waals surface area (Å²) in [5.74, 6) is 1.13. The van der Waals surface area contributed by atoms with Gasteiger partial charge in [-0.2, -0.15) is 5.10 Å². The zero-order valence-electron chi connectivity index (χ0n) is 20.3. The van der Waals surface area contributed by atoms with E-state index in [1.807, 2.05) is 6.07 Å². The van der Waals surface area contributed by atoms with Gasteiger partial charge in [-0.25, -0.2) is 4.68 Å². The summed E-state index contributed by atoms with van der Waals surface area (Å²) in [5, 5.41) is 13.6. The van der Waals surface area contributed by atoms with Crippen LogP contribution in [-0.4, -0.2) is 33.8 Å². The van der Waals surface area contributed by atoms with Gasteiger partial charge in [0.1, 0.15) is 11.6 Å². The van der Waals surface area contributed by atoms with E-state index in [2.05, 4.69) is 60.7 Å². The van der Waals surface area contributed by atoms with Crippen LogP contribution in [0.5, 0.6) is 0 Å². The van der Waals surface area contributed by atoms with Crippen LogP contribution in [0.25, 0.3) is 0 Å². The third kappa shape index (κ3) is 5.32. The van der Waals surface area contributed by atoms with Crippen molar-refractivity contribution in [3.05, 3.63) is 45.6 Å². The number of aromatic nitrogens is 3. The van der Waals surface area contributed by atoms with Crippen LogP contribution in [0.15, 0.2) is 29.5 Å². The molecule has 1 aliphatic rings. The minimum Gasteiger partial charge on any atom is -0.387 e. The van der Waals surface area contributed by atoms with Crippen molar-refractivity contribution in [1.29, 1.82) is 0 Å². The summed E-state index contributed by atoms with van der Waals surface area (Å²) < 4.78 is 1.09. The number of halogens is 1. The van der Waals surface area contributed by atoms with E-state index >= 15 is 0 Å². The van der Waals surface area contributed by atoms with Gasteiger partial charge in [-0.1, -0.05) is 46.2 Å². The van der Waals surface area contributed by atoms with Gasteiger partial charge in [0.25, 0.3) is 5.56 Å². The summed E-state index contributed by atoms with van der Waals surface area (Å²) in [5.41, 5.74) is 2.01. The summed E-state index contributed by atoms with van der Waals surface area (Å²) in [6, 6.07) is 2.02. The first-order valence-electron chi connectivity index (χ1n) is 11.5. The third-order valence-electron chi connectivity index (χ3n) is 7.75. The lowest BCUT2D eigenvalue weighted by atomic mass is 9.58. The molecule has 1 amide bonds. The first-order valence-corrected chi connectivity index (χ1v) is 11.8. The van der Waals surface area contributed by atoms with Crippen molar-refractivity contribution in [2.24, 2.45) is 23.2 Å². The normalized spacial score (nSPS) is 24.2. The highest BCUT2D eigenvalue weighted by Gasteiger charge is 2.43. The predicted molar refractivity (Wildman–Crippen MR) is 132 cm³/mol. The SMILES string of the molecule is CNc1cnccc1CNC(=O)Cn1ncc(N[C@@H]2C[C@H](C)C(C)(C)[C@H](C)[C@H]2C)c(Cl)c1=O. The van der Waals surface area contributed by atoms with Gasteiger partial charge in [-0.3, -0.25) is 14.6 Å². The van der Waals surface area contributed by atoms with E-state index in [0.717, 1.165) is 22.4 Å². The summed E-state index contributed by atoms with van der Waals surface area (Å²) >= 11 is 6.41. The van der Waals surface area contributed by atoms with Crippen LogP contribution in [0.1, 0.15) is 46.6 Å². The number of nitrogens with one attached hydrogen (secondary N) is 3. The van der Waals surface area contributed by atoms with Gasteiger partial charge >= 0.3 is 0 Å². The Labute approximate surface area is 200 Å². The number of rotatable bonds is 7. The number of hydrogen-bond acceptors (Lipinski definition) is 6. The zero-order chi connectivity index (χ0) is 24.3. The molecular formula is C24H35ClN6O2. The molecule has 9 heteroatoms. The number of carbonyl (C=O) groups is 1. The first kappa shape index (κ1) is 25.0. The molecule has 33 heavy (non-hydrogen) atoms. The van der Waals surface area contributed by atoms with Crippen molar-refractivity contribution < 1.29 is 4.79 Å². The molecule has 0 aromatic carbocycles.